The topological polar surface area (TPSA) is 91.8 Å². The Hall–Kier alpha value is -1.11. The Bertz CT molecular complexity index is 594. The number of carboxylic acids is 1. The zero-order chi connectivity index (χ0) is 18.1. The van der Waals surface area contributed by atoms with Crippen molar-refractivity contribution >= 4 is 21.7 Å². The molecule has 138 valence electrons. The molecule has 2 rings (SSSR count). The van der Waals surface area contributed by atoms with E-state index in [-0.39, 0.29) is 12.5 Å². The Balaban J connectivity index is 2.21. The predicted molar refractivity (Wildman–Crippen MR) is 91.4 cm³/mol. The van der Waals surface area contributed by atoms with E-state index in [1.165, 1.54) is 4.90 Å². The summed E-state index contributed by atoms with van der Waals surface area (Å²) in [5, 5.41) is 7.83. The van der Waals surface area contributed by atoms with Crippen LogP contribution in [-0.4, -0.2) is 53.9 Å². The number of hydrogen-bond acceptors (Lipinski definition) is 4. The highest BCUT2D eigenvalue weighted by molar-refractivity contribution is 7.93. The lowest BCUT2D eigenvalue weighted by atomic mass is 9.90. The third-order valence-electron chi connectivity index (χ3n) is 5.52. The minimum atomic E-state index is -3.56. The zero-order valence-corrected chi connectivity index (χ0v) is 15.6. The van der Waals surface area contributed by atoms with Crippen molar-refractivity contribution in [1.82, 2.24) is 4.90 Å². The average Bonchev–Trinajstić information content (AvgIpc) is 2.91. The van der Waals surface area contributed by atoms with Crippen LogP contribution in [0, 0.1) is 11.3 Å². The third kappa shape index (κ3) is 3.60. The van der Waals surface area contributed by atoms with E-state index >= 15 is 0 Å². The Morgan fingerprint density at radius 2 is 1.75 bits per heavy atom. The summed E-state index contributed by atoms with van der Waals surface area (Å²) >= 11 is 0. The van der Waals surface area contributed by atoms with Crippen LogP contribution in [0.4, 0.5) is 0 Å². The smallest absolute Gasteiger partial charge is 0.311 e. The fourth-order valence-electron chi connectivity index (χ4n) is 3.91. The van der Waals surface area contributed by atoms with E-state index < -0.39 is 37.6 Å². The summed E-state index contributed by atoms with van der Waals surface area (Å²) in [5.74, 6) is -1.67. The van der Waals surface area contributed by atoms with Crippen molar-refractivity contribution < 1.29 is 23.1 Å². The van der Waals surface area contributed by atoms with Gasteiger partial charge < -0.3 is 10.0 Å². The van der Waals surface area contributed by atoms with Gasteiger partial charge >= 0.3 is 5.97 Å². The van der Waals surface area contributed by atoms with Crippen molar-refractivity contribution in [2.24, 2.45) is 11.3 Å². The van der Waals surface area contributed by atoms with Crippen LogP contribution >= 0.6 is 0 Å². The molecule has 1 amide bonds. The van der Waals surface area contributed by atoms with Gasteiger partial charge in [-0.1, -0.05) is 33.1 Å². The molecule has 1 heterocycles. The van der Waals surface area contributed by atoms with Crippen molar-refractivity contribution in [2.75, 3.05) is 13.1 Å². The van der Waals surface area contributed by atoms with Crippen LogP contribution in [0.2, 0.25) is 0 Å². The minimum Gasteiger partial charge on any atom is -0.481 e. The summed E-state index contributed by atoms with van der Waals surface area (Å²) < 4.78 is 26.1. The van der Waals surface area contributed by atoms with Crippen LogP contribution < -0.4 is 0 Å². The van der Waals surface area contributed by atoms with Crippen molar-refractivity contribution in [2.45, 2.75) is 69.8 Å². The number of sulfone groups is 1. The molecule has 1 aliphatic carbocycles. The quantitative estimate of drug-likeness (QED) is 0.811. The SMILES string of the molecule is CC(C)[C@H](C(=O)N1CC[C@@](C)(C(=O)O)C1)S(=O)(=O)C1CCCCC1. The standard InChI is InChI=1S/C17H29NO5S/c1-12(2)14(24(22,23)13-7-5-4-6-8-13)15(19)18-10-9-17(3,11-18)16(20)21/h12-14H,4-11H2,1-3H3,(H,20,21)/t14-,17-/m1/s1. The van der Waals surface area contributed by atoms with E-state index in [0.717, 1.165) is 19.3 Å². The molecular formula is C17H29NO5S. The van der Waals surface area contributed by atoms with Crippen LogP contribution in [0.15, 0.2) is 0 Å². The van der Waals surface area contributed by atoms with Crippen molar-refractivity contribution in [3.63, 3.8) is 0 Å². The summed E-state index contributed by atoms with van der Waals surface area (Å²) in [6.07, 6.45) is 4.46. The number of amides is 1. The second-order valence-electron chi connectivity index (χ2n) is 7.89. The molecule has 1 saturated heterocycles. The molecule has 0 aromatic heterocycles. The maximum Gasteiger partial charge on any atom is 0.311 e. The second-order valence-corrected chi connectivity index (χ2v) is 10.2. The van der Waals surface area contributed by atoms with Crippen LogP contribution in [0.3, 0.4) is 0 Å². The van der Waals surface area contributed by atoms with E-state index in [0.29, 0.717) is 25.8 Å². The summed E-state index contributed by atoms with van der Waals surface area (Å²) in [6.45, 7) is 5.53. The molecule has 24 heavy (non-hydrogen) atoms. The Labute approximate surface area is 144 Å². The molecule has 2 fully saturated rings. The van der Waals surface area contributed by atoms with Gasteiger partial charge in [-0.2, -0.15) is 0 Å². The second kappa shape index (κ2) is 7.02. The first kappa shape index (κ1) is 19.2. The van der Waals surface area contributed by atoms with Gasteiger partial charge in [0.1, 0.15) is 5.25 Å². The van der Waals surface area contributed by atoms with Gasteiger partial charge in [0.05, 0.1) is 10.7 Å². The number of aliphatic carboxylic acids is 1. The van der Waals surface area contributed by atoms with Crippen LogP contribution in [0.1, 0.15) is 59.3 Å². The number of carbonyl (C=O) groups is 2. The molecule has 1 N–H and O–H groups in total. The molecule has 0 aromatic carbocycles. The van der Waals surface area contributed by atoms with E-state index in [1.54, 1.807) is 20.8 Å². The van der Waals surface area contributed by atoms with Gasteiger partial charge in [-0.3, -0.25) is 9.59 Å². The van der Waals surface area contributed by atoms with E-state index in [1.807, 2.05) is 0 Å². The Kier molecular flexibility index (Phi) is 5.62. The van der Waals surface area contributed by atoms with Crippen molar-refractivity contribution in [1.29, 1.82) is 0 Å². The fourth-order valence-corrected chi connectivity index (χ4v) is 6.50. The fraction of sp³-hybridized carbons (Fsp3) is 0.882. The normalized spacial score (nSPS) is 27.4. The van der Waals surface area contributed by atoms with Gasteiger partial charge in [-0.15, -0.1) is 0 Å². The third-order valence-corrected chi connectivity index (χ3v) is 8.38. The van der Waals surface area contributed by atoms with E-state index in [2.05, 4.69) is 0 Å². The maximum atomic E-state index is 13.1. The largest absolute Gasteiger partial charge is 0.481 e. The number of hydrogen-bond donors (Lipinski definition) is 1. The first-order chi connectivity index (χ1) is 11.1. The Morgan fingerprint density at radius 3 is 2.21 bits per heavy atom. The molecule has 0 radical (unpaired) electrons. The highest BCUT2D eigenvalue weighted by Crippen LogP contribution is 2.34. The highest BCUT2D eigenvalue weighted by Gasteiger charge is 2.48. The van der Waals surface area contributed by atoms with Gasteiger partial charge in [-0.05, 0) is 32.1 Å². The van der Waals surface area contributed by atoms with Crippen LogP contribution in [0.25, 0.3) is 0 Å². The lowest BCUT2D eigenvalue weighted by molar-refractivity contribution is -0.147. The van der Waals surface area contributed by atoms with Crippen molar-refractivity contribution in [3.05, 3.63) is 0 Å². The lowest BCUT2D eigenvalue weighted by Gasteiger charge is -2.31. The summed E-state index contributed by atoms with van der Waals surface area (Å²) in [6, 6.07) is 0. The first-order valence-corrected chi connectivity index (χ1v) is 10.5. The molecular weight excluding hydrogens is 330 g/mol. The van der Waals surface area contributed by atoms with Gasteiger partial charge in [0.25, 0.3) is 0 Å². The molecule has 7 heteroatoms. The van der Waals surface area contributed by atoms with Crippen molar-refractivity contribution in [3.8, 4) is 0 Å². The molecule has 6 nitrogen and oxygen atoms in total. The lowest BCUT2D eigenvalue weighted by Crippen LogP contribution is -2.49. The maximum absolute atomic E-state index is 13.1. The molecule has 2 atom stereocenters. The van der Waals surface area contributed by atoms with Crippen LogP contribution in [0.5, 0.6) is 0 Å². The van der Waals surface area contributed by atoms with Gasteiger partial charge in [0.2, 0.25) is 5.91 Å². The number of carbonyl (C=O) groups excluding carboxylic acids is 1. The average molecular weight is 359 g/mol. The van der Waals surface area contributed by atoms with Gasteiger partial charge in [0.15, 0.2) is 9.84 Å². The molecule has 2 aliphatic rings. The first-order valence-electron chi connectivity index (χ1n) is 8.84. The number of nitrogens with zero attached hydrogens (tertiary/aromatic N) is 1. The Morgan fingerprint density at radius 1 is 1.17 bits per heavy atom. The summed E-state index contributed by atoms with van der Waals surface area (Å²) in [7, 11) is -3.56. The molecule has 1 saturated carbocycles. The molecule has 0 unspecified atom stereocenters. The monoisotopic (exact) mass is 359 g/mol. The predicted octanol–water partition coefficient (Wildman–Crippen LogP) is 2.08. The number of likely N-dealkylation sites (tertiary alicyclic amines) is 1. The molecule has 1 aliphatic heterocycles. The molecule has 0 bridgehead atoms. The van der Waals surface area contributed by atoms with Gasteiger partial charge in [0, 0.05) is 13.1 Å². The van der Waals surface area contributed by atoms with E-state index in [9.17, 15) is 23.1 Å². The minimum absolute atomic E-state index is 0.0879. The zero-order valence-electron chi connectivity index (χ0n) is 14.8. The van der Waals surface area contributed by atoms with Gasteiger partial charge in [-0.25, -0.2) is 8.42 Å². The van der Waals surface area contributed by atoms with Crippen LogP contribution in [-0.2, 0) is 19.4 Å². The molecule has 0 spiro atoms. The number of carboxylic acid groups (broad SMARTS) is 1. The molecule has 0 aromatic rings. The highest BCUT2D eigenvalue weighted by atomic mass is 32.2. The van der Waals surface area contributed by atoms with E-state index in [4.69, 9.17) is 0 Å². The summed E-state index contributed by atoms with van der Waals surface area (Å²) in [5.41, 5.74) is -0.980. The number of rotatable bonds is 5. The summed E-state index contributed by atoms with van der Waals surface area (Å²) in [4.78, 5) is 25.8.